The Labute approximate surface area is 159 Å². The lowest BCUT2D eigenvalue weighted by Crippen LogP contribution is -2.37. The van der Waals surface area contributed by atoms with Crippen LogP contribution in [-0.4, -0.2) is 36.9 Å². The molecular weight excluding hydrogens is 347 g/mol. The monoisotopic (exact) mass is 372 g/mol. The van der Waals surface area contributed by atoms with E-state index in [2.05, 4.69) is 19.2 Å². The number of nitrogens with zero attached hydrogens (tertiary/aromatic N) is 1. The molecule has 0 atom stereocenters. The third kappa shape index (κ3) is 6.09. The zero-order valence-electron chi connectivity index (χ0n) is 16.1. The van der Waals surface area contributed by atoms with E-state index in [1.54, 1.807) is 6.07 Å². The highest BCUT2D eigenvalue weighted by atomic mass is 19.1. The fourth-order valence-electron chi connectivity index (χ4n) is 2.56. The van der Waals surface area contributed by atoms with E-state index in [0.717, 1.165) is 11.1 Å². The quantitative estimate of drug-likeness (QED) is 0.806. The standard InChI is InChI=1S/C21H25FN2O3/c1-14(2)18-9-8-15(3)10-19(18)27-13-21(26)24(4)12-20(25)23-17-7-5-6-16(22)11-17/h5-11,14H,12-13H2,1-4H3,(H,23,25). The highest BCUT2D eigenvalue weighted by Crippen LogP contribution is 2.27. The van der Waals surface area contributed by atoms with Gasteiger partial charge in [-0.15, -0.1) is 0 Å². The third-order valence-corrected chi connectivity index (χ3v) is 4.06. The number of carbonyl (C=O) groups is 2. The van der Waals surface area contributed by atoms with Crippen LogP contribution in [0.2, 0.25) is 0 Å². The van der Waals surface area contributed by atoms with Gasteiger partial charge in [-0.25, -0.2) is 4.39 Å². The summed E-state index contributed by atoms with van der Waals surface area (Å²) in [7, 11) is 1.52. The summed E-state index contributed by atoms with van der Waals surface area (Å²) in [5, 5.41) is 2.56. The lowest BCUT2D eigenvalue weighted by molar-refractivity contribution is -0.135. The lowest BCUT2D eigenvalue weighted by atomic mass is 10.0. The number of hydrogen-bond donors (Lipinski definition) is 1. The summed E-state index contributed by atoms with van der Waals surface area (Å²) >= 11 is 0. The van der Waals surface area contributed by atoms with E-state index in [9.17, 15) is 14.0 Å². The molecule has 2 rings (SSSR count). The average molecular weight is 372 g/mol. The predicted octanol–water partition coefficient (Wildman–Crippen LogP) is 3.73. The molecule has 144 valence electrons. The fraction of sp³-hybridized carbons (Fsp3) is 0.333. The summed E-state index contributed by atoms with van der Waals surface area (Å²) in [6.45, 7) is 5.77. The Bertz CT molecular complexity index is 821. The van der Waals surface area contributed by atoms with E-state index in [4.69, 9.17) is 4.74 Å². The van der Waals surface area contributed by atoms with Crippen LogP contribution in [0.5, 0.6) is 5.75 Å². The molecule has 0 radical (unpaired) electrons. The zero-order chi connectivity index (χ0) is 20.0. The van der Waals surface area contributed by atoms with Crippen LogP contribution in [-0.2, 0) is 9.59 Å². The summed E-state index contributed by atoms with van der Waals surface area (Å²) in [6, 6.07) is 11.5. The van der Waals surface area contributed by atoms with Crippen molar-refractivity contribution in [1.82, 2.24) is 4.90 Å². The van der Waals surface area contributed by atoms with Gasteiger partial charge in [0, 0.05) is 12.7 Å². The van der Waals surface area contributed by atoms with Crippen molar-refractivity contribution in [1.29, 1.82) is 0 Å². The first-order valence-electron chi connectivity index (χ1n) is 8.79. The lowest BCUT2D eigenvalue weighted by Gasteiger charge is -2.19. The number of amides is 2. The van der Waals surface area contributed by atoms with Crippen molar-refractivity contribution in [2.24, 2.45) is 0 Å². The highest BCUT2D eigenvalue weighted by Gasteiger charge is 2.15. The fourth-order valence-corrected chi connectivity index (χ4v) is 2.56. The number of anilines is 1. The first kappa shape index (κ1) is 20.4. The Balaban J connectivity index is 1.90. The SMILES string of the molecule is Cc1ccc(C(C)C)c(OCC(=O)N(C)CC(=O)Nc2cccc(F)c2)c1. The van der Waals surface area contributed by atoms with Crippen LogP contribution in [0.25, 0.3) is 0 Å². The molecule has 0 aliphatic heterocycles. The molecule has 0 spiro atoms. The van der Waals surface area contributed by atoms with Gasteiger partial charge in [-0.1, -0.05) is 32.0 Å². The Morgan fingerprint density at radius 3 is 2.59 bits per heavy atom. The second-order valence-electron chi connectivity index (χ2n) is 6.79. The van der Waals surface area contributed by atoms with Crippen molar-refractivity contribution < 1.29 is 18.7 Å². The number of benzene rings is 2. The molecule has 6 heteroatoms. The smallest absolute Gasteiger partial charge is 0.260 e. The Morgan fingerprint density at radius 1 is 1.19 bits per heavy atom. The number of halogens is 1. The normalized spacial score (nSPS) is 10.6. The van der Waals surface area contributed by atoms with Gasteiger partial charge >= 0.3 is 0 Å². The largest absolute Gasteiger partial charge is 0.483 e. The molecule has 0 aliphatic carbocycles. The second kappa shape index (κ2) is 9.16. The maximum Gasteiger partial charge on any atom is 0.260 e. The van der Waals surface area contributed by atoms with E-state index in [1.165, 1.54) is 30.1 Å². The number of rotatable bonds is 7. The average Bonchev–Trinajstić information content (AvgIpc) is 2.59. The zero-order valence-corrected chi connectivity index (χ0v) is 16.1. The minimum absolute atomic E-state index is 0.149. The number of likely N-dealkylation sites (N-methyl/N-ethyl adjacent to an activating group) is 1. The molecule has 0 saturated carbocycles. The summed E-state index contributed by atoms with van der Waals surface area (Å²) in [4.78, 5) is 25.6. The van der Waals surface area contributed by atoms with Crippen LogP contribution in [0, 0.1) is 12.7 Å². The summed E-state index contributed by atoms with van der Waals surface area (Å²) in [5.74, 6) is -0.221. The third-order valence-electron chi connectivity index (χ3n) is 4.06. The summed E-state index contributed by atoms with van der Waals surface area (Å²) < 4.78 is 18.9. The van der Waals surface area contributed by atoms with Crippen molar-refractivity contribution in [2.45, 2.75) is 26.7 Å². The van der Waals surface area contributed by atoms with Crippen molar-refractivity contribution >= 4 is 17.5 Å². The van der Waals surface area contributed by atoms with Crippen molar-refractivity contribution in [2.75, 3.05) is 25.5 Å². The molecule has 0 bridgehead atoms. The highest BCUT2D eigenvalue weighted by molar-refractivity contribution is 5.94. The minimum atomic E-state index is -0.440. The molecule has 0 heterocycles. The Morgan fingerprint density at radius 2 is 1.93 bits per heavy atom. The van der Waals surface area contributed by atoms with Gasteiger partial charge in [0.2, 0.25) is 5.91 Å². The first-order valence-corrected chi connectivity index (χ1v) is 8.79. The predicted molar refractivity (Wildman–Crippen MR) is 103 cm³/mol. The number of carbonyl (C=O) groups excluding carboxylic acids is 2. The second-order valence-corrected chi connectivity index (χ2v) is 6.79. The van der Waals surface area contributed by atoms with E-state index >= 15 is 0 Å². The van der Waals surface area contributed by atoms with Crippen molar-refractivity contribution in [3.8, 4) is 5.75 Å². The topological polar surface area (TPSA) is 58.6 Å². The molecular formula is C21H25FN2O3. The first-order chi connectivity index (χ1) is 12.8. The van der Waals surface area contributed by atoms with Crippen molar-refractivity contribution in [3.63, 3.8) is 0 Å². The molecule has 0 aromatic heterocycles. The molecule has 2 amide bonds. The van der Waals surface area contributed by atoms with Gasteiger partial charge in [-0.3, -0.25) is 9.59 Å². The van der Waals surface area contributed by atoms with E-state index in [1.807, 2.05) is 25.1 Å². The minimum Gasteiger partial charge on any atom is -0.483 e. The van der Waals surface area contributed by atoms with E-state index in [0.29, 0.717) is 11.4 Å². The van der Waals surface area contributed by atoms with Crippen LogP contribution in [0.3, 0.4) is 0 Å². The molecule has 2 aromatic rings. The van der Waals surface area contributed by atoms with Gasteiger partial charge in [0.15, 0.2) is 6.61 Å². The van der Waals surface area contributed by atoms with Gasteiger partial charge in [0.1, 0.15) is 11.6 Å². The summed E-state index contributed by atoms with van der Waals surface area (Å²) in [6.07, 6.45) is 0. The van der Waals surface area contributed by atoms with Crippen LogP contribution >= 0.6 is 0 Å². The van der Waals surface area contributed by atoms with E-state index in [-0.39, 0.29) is 25.0 Å². The molecule has 1 N–H and O–H groups in total. The summed E-state index contributed by atoms with van der Waals surface area (Å²) in [5.41, 5.74) is 2.42. The van der Waals surface area contributed by atoms with E-state index < -0.39 is 11.7 Å². The van der Waals surface area contributed by atoms with Gasteiger partial charge in [-0.05, 0) is 48.2 Å². The number of hydrogen-bond acceptors (Lipinski definition) is 3. The van der Waals surface area contributed by atoms with Crippen LogP contribution in [0.4, 0.5) is 10.1 Å². The van der Waals surface area contributed by atoms with Crippen molar-refractivity contribution in [3.05, 3.63) is 59.4 Å². The number of aryl methyl sites for hydroxylation is 1. The molecule has 0 unspecified atom stereocenters. The molecule has 0 saturated heterocycles. The Hall–Kier alpha value is -2.89. The molecule has 27 heavy (non-hydrogen) atoms. The van der Waals surface area contributed by atoms with Crippen LogP contribution in [0.15, 0.2) is 42.5 Å². The molecule has 5 nitrogen and oxygen atoms in total. The molecule has 2 aromatic carbocycles. The molecule has 0 aliphatic rings. The maximum absolute atomic E-state index is 13.2. The van der Waals surface area contributed by atoms with Crippen LogP contribution in [0.1, 0.15) is 30.9 Å². The molecule has 0 fully saturated rings. The van der Waals surface area contributed by atoms with Gasteiger partial charge in [0.25, 0.3) is 5.91 Å². The van der Waals surface area contributed by atoms with Gasteiger partial charge in [-0.2, -0.15) is 0 Å². The number of nitrogens with one attached hydrogen (secondary N) is 1. The van der Waals surface area contributed by atoms with Gasteiger partial charge < -0.3 is 15.0 Å². The van der Waals surface area contributed by atoms with Gasteiger partial charge in [0.05, 0.1) is 6.54 Å². The van der Waals surface area contributed by atoms with Crippen LogP contribution < -0.4 is 10.1 Å². The Kier molecular flexibility index (Phi) is 6.93. The number of ether oxygens (including phenoxy) is 1. The maximum atomic E-state index is 13.2.